The first kappa shape index (κ1) is 15.8. The Bertz CT molecular complexity index is 460. The fraction of sp³-hybridized carbons (Fsp3) is 0.562. The van der Waals surface area contributed by atoms with E-state index in [1.807, 2.05) is 31.2 Å². The summed E-state index contributed by atoms with van der Waals surface area (Å²) >= 11 is 0. The molecular weight excluding hydrogens is 270 g/mol. The van der Waals surface area contributed by atoms with E-state index in [4.69, 9.17) is 9.47 Å². The molecular formula is C16H23NO4. The average Bonchev–Trinajstić information content (AvgIpc) is 2.50. The van der Waals surface area contributed by atoms with Crippen LogP contribution in [-0.4, -0.2) is 55.4 Å². The van der Waals surface area contributed by atoms with Gasteiger partial charge >= 0.3 is 5.97 Å². The number of ether oxygens (including phenoxy) is 2. The molecule has 0 saturated carbocycles. The summed E-state index contributed by atoms with van der Waals surface area (Å²) in [5, 5.41) is 9.86. The predicted octanol–water partition coefficient (Wildman–Crippen LogP) is 1.23. The highest BCUT2D eigenvalue weighted by molar-refractivity contribution is 5.73. The van der Waals surface area contributed by atoms with Crippen molar-refractivity contribution in [3.63, 3.8) is 0 Å². The summed E-state index contributed by atoms with van der Waals surface area (Å²) in [6.07, 6.45) is -0.0173. The fourth-order valence-electron chi connectivity index (χ4n) is 2.52. The lowest BCUT2D eigenvalue weighted by Crippen LogP contribution is -2.47. The van der Waals surface area contributed by atoms with E-state index in [1.165, 1.54) is 12.7 Å². The van der Waals surface area contributed by atoms with Crippen LogP contribution in [0.5, 0.6) is 5.75 Å². The lowest BCUT2D eigenvalue weighted by molar-refractivity contribution is -0.152. The van der Waals surface area contributed by atoms with Crippen LogP contribution in [0, 0.1) is 12.8 Å². The first-order valence-electron chi connectivity index (χ1n) is 7.28. The van der Waals surface area contributed by atoms with Crippen molar-refractivity contribution in [1.29, 1.82) is 0 Å². The molecule has 1 heterocycles. The third-order valence-electron chi connectivity index (χ3n) is 3.86. The summed E-state index contributed by atoms with van der Waals surface area (Å²) in [5.41, 5.74) is 1.20. The number of piperidine rings is 1. The Morgan fingerprint density at radius 1 is 1.38 bits per heavy atom. The van der Waals surface area contributed by atoms with Crippen molar-refractivity contribution in [1.82, 2.24) is 4.90 Å². The van der Waals surface area contributed by atoms with Crippen LogP contribution in [-0.2, 0) is 9.53 Å². The zero-order valence-corrected chi connectivity index (χ0v) is 12.6. The van der Waals surface area contributed by atoms with E-state index in [0.29, 0.717) is 19.6 Å². The number of aliphatic hydroxyl groups is 1. The molecule has 5 heteroatoms. The molecule has 116 valence electrons. The smallest absolute Gasteiger partial charge is 0.312 e. The summed E-state index contributed by atoms with van der Waals surface area (Å²) in [5.74, 6) is 0.0527. The molecule has 0 aromatic heterocycles. The third-order valence-corrected chi connectivity index (χ3v) is 3.86. The minimum Gasteiger partial charge on any atom is -0.492 e. The normalized spacial score (nSPS) is 22.8. The van der Waals surface area contributed by atoms with Gasteiger partial charge in [0.25, 0.3) is 0 Å². The van der Waals surface area contributed by atoms with Crippen molar-refractivity contribution in [2.75, 3.05) is 33.4 Å². The number of aliphatic hydroxyl groups excluding tert-OH is 1. The Kier molecular flexibility index (Phi) is 5.59. The first-order chi connectivity index (χ1) is 10.1. The summed E-state index contributed by atoms with van der Waals surface area (Å²) in [4.78, 5) is 13.7. The number of hydrogen-bond acceptors (Lipinski definition) is 5. The molecule has 1 fully saturated rings. The van der Waals surface area contributed by atoms with E-state index < -0.39 is 12.0 Å². The van der Waals surface area contributed by atoms with Crippen LogP contribution in [0.4, 0.5) is 0 Å². The molecule has 1 aliphatic heterocycles. The second-order valence-corrected chi connectivity index (χ2v) is 5.45. The number of hydrogen-bond donors (Lipinski definition) is 1. The lowest BCUT2D eigenvalue weighted by Gasteiger charge is -2.34. The maximum atomic E-state index is 11.6. The zero-order valence-electron chi connectivity index (χ0n) is 12.6. The fourth-order valence-corrected chi connectivity index (χ4v) is 2.52. The maximum absolute atomic E-state index is 11.6. The molecule has 0 amide bonds. The van der Waals surface area contributed by atoms with Crippen molar-refractivity contribution in [3.8, 4) is 5.75 Å². The number of carbonyl (C=O) groups excluding carboxylic acids is 1. The van der Waals surface area contributed by atoms with Crippen LogP contribution in [0.15, 0.2) is 24.3 Å². The highest BCUT2D eigenvalue weighted by Gasteiger charge is 2.33. The van der Waals surface area contributed by atoms with Gasteiger partial charge in [-0.2, -0.15) is 0 Å². The molecule has 1 aromatic rings. The quantitative estimate of drug-likeness (QED) is 0.828. The Morgan fingerprint density at radius 3 is 2.76 bits per heavy atom. The van der Waals surface area contributed by atoms with Gasteiger partial charge in [-0.15, -0.1) is 0 Å². The molecule has 1 aromatic carbocycles. The van der Waals surface area contributed by atoms with Crippen LogP contribution in [0.25, 0.3) is 0 Å². The second kappa shape index (κ2) is 7.43. The van der Waals surface area contributed by atoms with Crippen LogP contribution in [0.1, 0.15) is 12.0 Å². The van der Waals surface area contributed by atoms with Crippen LogP contribution in [0.3, 0.4) is 0 Å². The summed E-state index contributed by atoms with van der Waals surface area (Å²) in [6.45, 7) is 4.62. The number of esters is 1. The molecule has 2 atom stereocenters. The van der Waals surface area contributed by atoms with Gasteiger partial charge in [-0.1, -0.05) is 17.7 Å². The van der Waals surface area contributed by atoms with Gasteiger partial charge in [-0.25, -0.2) is 0 Å². The highest BCUT2D eigenvalue weighted by atomic mass is 16.5. The zero-order chi connectivity index (χ0) is 15.2. The number of methoxy groups -OCH3 is 1. The van der Waals surface area contributed by atoms with Crippen LogP contribution in [0.2, 0.25) is 0 Å². The van der Waals surface area contributed by atoms with Crippen molar-refractivity contribution < 1.29 is 19.4 Å². The van der Waals surface area contributed by atoms with Gasteiger partial charge in [-0.3, -0.25) is 9.69 Å². The minimum absolute atomic E-state index is 0.341. The molecule has 5 nitrogen and oxygen atoms in total. The van der Waals surface area contributed by atoms with Gasteiger partial charge < -0.3 is 14.6 Å². The molecule has 2 unspecified atom stereocenters. The number of benzene rings is 1. The van der Waals surface area contributed by atoms with E-state index in [0.717, 1.165) is 18.8 Å². The van der Waals surface area contributed by atoms with Gasteiger partial charge in [0.05, 0.1) is 19.1 Å². The SMILES string of the molecule is COC(=O)C1CN(CCOc2ccc(C)cc2)CCC1O. The summed E-state index contributed by atoms with van der Waals surface area (Å²) in [7, 11) is 1.36. The van der Waals surface area contributed by atoms with Gasteiger partial charge in [0.2, 0.25) is 0 Å². The third kappa shape index (κ3) is 4.44. The lowest BCUT2D eigenvalue weighted by atomic mass is 9.95. The molecule has 0 spiro atoms. The molecule has 0 aliphatic carbocycles. The number of likely N-dealkylation sites (tertiary alicyclic amines) is 1. The highest BCUT2D eigenvalue weighted by Crippen LogP contribution is 2.18. The Morgan fingerprint density at radius 2 is 2.10 bits per heavy atom. The summed E-state index contributed by atoms with van der Waals surface area (Å²) in [6, 6.07) is 7.93. The Balaban J connectivity index is 1.78. The Hall–Kier alpha value is -1.59. The maximum Gasteiger partial charge on any atom is 0.312 e. The monoisotopic (exact) mass is 293 g/mol. The van der Waals surface area contributed by atoms with E-state index in [2.05, 4.69) is 4.90 Å². The molecule has 0 bridgehead atoms. The van der Waals surface area contributed by atoms with E-state index >= 15 is 0 Å². The number of carbonyl (C=O) groups is 1. The standard InChI is InChI=1S/C16H23NO4/c1-12-3-5-13(6-4-12)21-10-9-17-8-7-15(18)14(11-17)16(19)20-2/h3-6,14-15,18H,7-11H2,1-2H3. The van der Waals surface area contributed by atoms with Gasteiger partial charge in [-0.05, 0) is 25.5 Å². The summed E-state index contributed by atoms with van der Waals surface area (Å²) < 4.78 is 10.4. The molecule has 2 rings (SSSR count). The average molecular weight is 293 g/mol. The van der Waals surface area contributed by atoms with Crippen molar-refractivity contribution in [2.45, 2.75) is 19.4 Å². The van der Waals surface area contributed by atoms with Crippen molar-refractivity contribution in [3.05, 3.63) is 29.8 Å². The minimum atomic E-state index is -0.605. The number of nitrogens with zero attached hydrogens (tertiary/aromatic N) is 1. The van der Waals surface area contributed by atoms with Gasteiger partial charge in [0.1, 0.15) is 12.4 Å². The van der Waals surface area contributed by atoms with Gasteiger partial charge in [0, 0.05) is 19.6 Å². The van der Waals surface area contributed by atoms with E-state index in [9.17, 15) is 9.90 Å². The topological polar surface area (TPSA) is 59.0 Å². The molecule has 1 saturated heterocycles. The van der Waals surface area contributed by atoms with E-state index in [-0.39, 0.29) is 5.97 Å². The predicted molar refractivity (Wildman–Crippen MR) is 79.2 cm³/mol. The largest absolute Gasteiger partial charge is 0.492 e. The number of rotatable bonds is 5. The van der Waals surface area contributed by atoms with Crippen LogP contribution >= 0.6 is 0 Å². The van der Waals surface area contributed by atoms with Crippen LogP contribution < -0.4 is 4.74 Å². The number of aryl methyl sites for hydroxylation is 1. The Labute approximate surface area is 125 Å². The molecule has 0 radical (unpaired) electrons. The molecule has 1 aliphatic rings. The molecule has 21 heavy (non-hydrogen) atoms. The van der Waals surface area contributed by atoms with E-state index in [1.54, 1.807) is 0 Å². The second-order valence-electron chi connectivity index (χ2n) is 5.45. The van der Waals surface area contributed by atoms with Gasteiger partial charge in [0.15, 0.2) is 0 Å². The first-order valence-corrected chi connectivity index (χ1v) is 7.28. The molecule has 1 N–H and O–H groups in total. The van der Waals surface area contributed by atoms with Crippen molar-refractivity contribution >= 4 is 5.97 Å². The van der Waals surface area contributed by atoms with Crippen molar-refractivity contribution in [2.24, 2.45) is 5.92 Å².